The Balaban J connectivity index is 1.90. The zero-order valence-corrected chi connectivity index (χ0v) is 12.1. The largest absolute Gasteiger partial charge is 0.480 e. The summed E-state index contributed by atoms with van der Waals surface area (Å²) in [4.78, 5) is 33.4. The van der Waals surface area contributed by atoms with Crippen molar-refractivity contribution in [3.05, 3.63) is 42.7 Å². The third kappa shape index (κ3) is 2.69. The minimum atomic E-state index is -1.01. The average Bonchev–Trinajstić information content (AvgIpc) is 3.19. The van der Waals surface area contributed by atoms with Crippen LogP contribution in [0.1, 0.15) is 30.3 Å². The van der Waals surface area contributed by atoms with Crippen molar-refractivity contribution in [2.45, 2.75) is 31.8 Å². The van der Waals surface area contributed by atoms with E-state index in [1.54, 1.807) is 41.6 Å². The van der Waals surface area contributed by atoms with Crippen molar-refractivity contribution < 1.29 is 14.7 Å². The third-order valence-electron chi connectivity index (χ3n) is 3.71. The molecule has 2 aromatic heterocycles. The summed E-state index contributed by atoms with van der Waals surface area (Å²) in [6, 6.07) is 2.55. The van der Waals surface area contributed by atoms with Crippen LogP contribution in [0.15, 0.2) is 37.1 Å². The fourth-order valence-corrected chi connectivity index (χ4v) is 2.37. The highest BCUT2D eigenvalue weighted by Crippen LogP contribution is 2.30. The molecule has 1 amide bonds. The number of carboxylic acids is 1. The Bertz CT molecular complexity index is 695. The second-order valence-corrected chi connectivity index (χ2v) is 5.33. The highest BCUT2D eigenvalue weighted by atomic mass is 16.4. The van der Waals surface area contributed by atoms with Gasteiger partial charge in [-0.25, -0.2) is 9.78 Å². The zero-order chi connectivity index (χ0) is 15.7. The smallest absolute Gasteiger partial charge is 0.326 e. The van der Waals surface area contributed by atoms with Gasteiger partial charge in [-0.05, 0) is 31.9 Å². The Morgan fingerprint density at radius 3 is 2.77 bits per heavy atom. The second-order valence-electron chi connectivity index (χ2n) is 5.33. The van der Waals surface area contributed by atoms with Gasteiger partial charge in [0.05, 0.1) is 12.0 Å². The predicted molar refractivity (Wildman–Crippen MR) is 77.6 cm³/mol. The van der Waals surface area contributed by atoms with Gasteiger partial charge in [0, 0.05) is 24.6 Å². The Labute approximate surface area is 127 Å². The van der Waals surface area contributed by atoms with Crippen molar-refractivity contribution in [3.8, 4) is 5.69 Å². The lowest BCUT2D eigenvalue weighted by molar-refractivity contribution is -0.141. The van der Waals surface area contributed by atoms with Crippen LogP contribution in [-0.2, 0) is 4.79 Å². The standard InChI is InChI=1S/C15H16N4O3/c1-10(15(21)22)19(11-2-3-11)14(20)13-8-12(4-5-17-13)18-7-6-16-9-18/h4-11H,2-3H2,1H3,(H,21,22). The number of hydrogen-bond acceptors (Lipinski definition) is 4. The Morgan fingerprint density at radius 2 is 2.18 bits per heavy atom. The van der Waals surface area contributed by atoms with Gasteiger partial charge in [-0.1, -0.05) is 0 Å². The van der Waals surface area contributed by atoms with E-state index >= 15 is 0 Å². The Morgan fingerprint density at radius 1 is 1.41 bits per heavy atom. The molecule has 1 saturated carbocycles. The molecule has 1 fully saturated rings. The molecule has 2 aromatic rings. The van der Waals surface area contributed by atoms with Gasteiger partial charge < -0.3 is 14.6 Å². The van der Waals surface area contributed by atoms with Gasteiger partial charge in [0.15, 0.2) is 0 Å². The zero-order valence-electron chi connectivity index (χ0n) is 12.1. The monoisotopic (exact) mass is 300 g/mol. The SMILES string of the molecule is CC(C(=O)O)N(C(=O)c1cc(-n2ccnc2)ccn1)C1CC1. The van der Waals surface area contributed by atoms with E-state index in [-0.39, 0.29) is 17.6 Å². The molecule has 0 spiro atoms. The molecule has 0 saturated heterocycles. The van der Waals surface area contributed by atoms with Crippen molar-refractivity contribution >= 4 is 11.9 Å². The first-order valence-corrected chi connectivity index (χ1v) is 7.08. The summed E-state index contributed by atoms with van der Waals surface area (Å²) in [7, 11) is 0. The summed E-state index contributed by atoms with van der Waals surface area (Å²) in [6.07, 6.45) is 8.25. The van der Waals surface area contributed by atoms with Crippen LogP contribution in [0.2, 0.25) is 0 Å². The molecule has 2 heterocycles. The number of amides is 1. The van der Waals surface area contributed by atoms with E-state index in [4.69, 9.17) is 0 Å². The van der Waals surface area contributed by atoms with E-state index in [1.807, 2.05) is 0 Å². The van der Waals surface area contributed by atoms with E-state index in [0.29, 0.717) is 0 Å². The van der Waals surface area contributed by atoms with Gasteiger partial charge >= 0.3 is 5.97 Å². The number of hydrogen-bond donors (Lipinski definition) is 1. The molecule has 22 heavy (non-hydrogen) atoms. The molecule has 0 bridgehead atoms. The fourth-order valence-electron chi connectivity index (χ4n) is 2.37. The maximum absolute atomic E-state index is 12.7. The molecule has 0 aromatic carbocycles. The Kier molecular flexibility index (Phi) is 3.62. The summed E-state index contributed by atoms with van der Waals surface area (Å²) in [6.45, 7) is 1.53. The number of carbonyl (C=O) groups is 2. The molecule has 3 rings (SSSR count). The highest BCUT2D eigenvalue weighted by molar-refractivity contribution is 5.95. The van der Waals surface area contributed by atoms with Gasteiger partial charge in [0.25, 0.3) is 5.91 Å². The van der Waals surface area contributed by atoms with Crippen molar-refractivity contribution in [1.82, 2.24) is 19.4 Å². The number of rotatable bonds is 5. The van der Waals surface area contributed by atoms with Crippen molar-refractivity contribution in [1.29, 1.82) is 0 Å². The second kappa shape index (κ2) is 5.59. The van der Waals surface area contributed by atoms with Gasteiger partial charge in [0.2, 0.25) is 0 Å². The number of aromatic nitrogens is 3. The van der Waals surface area contributed by atoms with Crippen LogP contribution in [0.4, 0.5) is 0 Å². The molecule has 7 nitrogen and oxygen atoms in total. The summed E-state index contributed by atoms with van der Waals surface area (Å²) in [5, 5.41) is 9.20. The van der Waals surface area contributed by atoms with Crippen LogP contribution in [0.5, 0.6) is 0 Å². The molecule has 1 atom stereocenters. The maximum Gasteiger partial charge on any atom is 0.326 e. The van der Waals surface area contributed by atoms with E-state index in [1.165, 1.54) is 11.8 Å². The van der Waals surface area contributed by atoms with Crippen LogP contribution in [0, 0.1) is 0 Å². The van der Waals surface area contributed by atoms with Gasteiger partial charge in [-0.3, -0.25) is 9.78 Å². The minimum absolute atomic E-state index is 0.00250. The third-order valence-corrected chi connectivity index (χ3v) is 3.71. The number of carboxylic acid groups (broad SMARTS) is 1. The number of nitrogens with zero attached hydrogens (tertiary/aromatic N) is 4. The number of pyridine rings is 1. The molecule has 1 unspecified atom stereocenters. The number of imidazole rings is 1. The first-order valence-electron chi connectivity index (χ1n) is 7.08. The molecule has 1 aliphatic rings. The lowest BCUT2D eigenvalue weighted by atomic mass is 10.2. The quantitative estimate of drug-likeness (QED) is 0.900. The lowest BCUT2D eigenvalue weighted by Crippen LogP contribution is -2.45. The van der Waals surface area contributed by atoms with Crippen molar-refractivity contribution in [3.63, 3.8) is 0 Å². The molecule has 0 radical (unpaired) electrons. The normalized spacial score (nSPS) is 15.3. The van der Waals surface area contributed by atoms with E-state index in [9.17, 15) is 14.7 Å². The summed E-state index contributed by atoms with van der Waals surface area (Å²) in [5.41, 5.74) is 1.00. The number of carbonyl (C=O) groups excluding carboxylic acids is 1. The molecule has 7 heteroatoms. The predicted octanol–water partition coefficient (Wildman–Crippen LogP) is 1.35. The van der Waals surface area contributed by atoms with Gasteiger partial charge in [-0.15, -0.1) is 0 Å². The highest BCUT2D eigenvalue weighted by Gasteiger charge is 2.39. The van der Waals surface area contributed by atoms with Crippen LogP contribution >= 0.6 is 0 Å². The lowest BCUT2D eigenvalue weighted by Gasteiger charge is -2.26. The van der Waals surface area contributed by atoms with Crippen molar-refractivity contribution in [2.24, 2.45) is 0 Å². The van der Waals surface area contributed by atoms with Crippen LogP contribution in [0.3, 0.4) is 0 Å². The van der Waals surface area contributed by atoms with Crippen LogP contribution < -0.4 is 0 Å². The van der Waals surface area contributed by atoms with Crippen LogP contribution in [0.25, 0.3) is 5.69 Å². The van der Waals surface area contributed by atoms with Crippen molar-refractivity contribution in [2.75, 3.05) is 0 Å². The molecular weight excluding hydrogens is 284 g/mol. The van der Waals surface area contributed by atoms with E-state index < -0.39 is 12.0 Å². The summed E-state index contributed by atoms with van der Waals surface area (Å²) in [5.74, 6) is -1.36. The Hall–Kier alpha value is -2.70. The average molecular weight is 300 g/mol. The van der Waals surface area contributed by atoms with E-state index in [2.05, 4.69) is 9.97 Å². The van der Waals surface area contributed by atoms with Crippen LogP contribution in [-0.4, -0.2) is 48.5 Å². The molecule has 114 valence electrons. The summed E-state index contributed by atoms with van der Waals surface area (Å²) < 4.78 is 1.76. The first-order chi connectivity index (χ1) is 10.6. The van der Waals surface area contributed by atoms with E-state index in [0.717, 1.165) is 18.5 Å². The molecular formula is C15H16N4O3. The summed E-state index contributed by atoms with van der Waals surface area (Å²) >= 11 is 0. The minimum Gasteiger partial charge on any atom is -0.480 e. The molecule has 1 aliphatic carbocycles. The topological polar surface area (TPSA) is 88.3 Å². The maximum atomic E-state index is 12.7. The molecule has 1 N–H and O–H groups in total. The fraction of sp³-hybridized carbons (Fsp3) is 0.333. The van der Waals surface area contributed by atoms with Gasteiger partial charge in [-0.2, -0.15) is 0 Å². The number of aliphatic carboxylic acids is 1. The van der Waals surface area contributed by atoms with Gasteiger partial charge in [0.1, 0.15) is 11.7 Å². The molecule has 0 aliphatic heterocycles. The first kappa shape index (κ1) is 14.2.